The Morgan fingerprint density at radius 3 is 2.56 bits per heavy atom. The number of nitrogens with two attached hydrogens (primary N) is 1. The monoisotopic (exact) mass is 240 g/mol. The van der Waals surface area contributed by atoms with E-state index in [2.05, 4.69) is 4.98 Å². The Morgan fingerprint density at radius 1 is 1.25 bits per heavy atom. The van der Waals surface area contributed by atoms with Crippen molar-refractivity contribution in [3.05, 3.63) is 29.3 Å². The van der Waals surface area contributed by atoms with Crippen molar-refractivity contribution in [3.63, 3.8) is 0 Å². The molecule has 0 saturated heterocycles. The minimum Gasteiger partial charge on any atom is -0.319 e. The van der Waals surface area contributed by atoms with Gasteiger partial charge < -0.3 is 5.73 Å². The molecule has 0 radical (unpaired) electrons. The van der Waals surface area contributed by atoms with E-state index in [0.29, 0.717) is 5.01 Å². The highest BCUT2D eigenvalue weighted by atomic mass is 32.1. The Morgan fingerprint density at radius 2 is 1.94 bits per heavy atom. The maximum atomic E-state index is 12.9. The molecule has 1 saturated carbocycles. The molecule has 0 unspecified atom stereocenters. The Bertz CT molecular complexity index is 509. The predicted octanol–water partition coefficient (Wildman–Crippen LogP) is 2.88. The summed E-state index contributed by atoms with van der Waals surface area (Å²) in [7, 11) is 0. The minimum absolute atomic E-state index is 0.292. The van der Waals surface area contributed by atoms with E-state index in [9.17, 15) is 8.78 Å². The molecule has 0 amide bonds. The number of halogens is 2. The van der Waals surface area contributed by atoms with Crippen molar-refractivity contribution in [1.82, 2.24) is 4.98 Å². The lowest BCUT2D eigenvalue weighted by Crippen LogP contribution is -2.55. The molecule has 1 aromatic carbocycles. The average molecular weight is 240 g/mol. The molecule has 2 nitrogen and oxygen atoms in total. The lowest BCUT2D eigenvalue weighted by molar-refractivity contribution is -0.125. The van der Waals surface area contributed by atoms with Crippen LogP contribution >= 0.6 is 11.3 Å². The number of fused-ring (bicyclic) bond motifs is 1. The average Bonchev–Trinajstić information content (AvgIpc) is 2.57. The molecule has 5 heteroatoms. The SMILES string of the molecule is NC1(c2nc3ccccc3s2)CC(F)(F)C1. The number of para-hydroxylation sites is 1. The summed E-state index contributed by atoms with van der Waals surface area (Å²) >= 11 is 1.41. The lowest BCUT2D eigenvalue weighted by Gasteiger charge is -2.42. The zero-order chi connectivity index (χ0) is 11.4. The van der Waals surface area contributed by atoms with Crippen LogP contribution in [0.25, 0.3) is 10.2 Å². The summed E-state index contributed by atoms with van der Waals surface area (Å²) in [5, 5.41) is 0.625. The highest BCUT2D eigenvalue weighted by Gasteiger charge is 2.56. The van der Waals surface area contributed by atoms with Gasteiger partial charge in [0.15, 0.2) is 0 Å². The van der Waals surface area contributed by atoms with E-state index in [1.165, 1.54) is 11.3 Å². The standard InChI is InChI=1S/C11H10F2N2S/c12-11(13)5-10(14,6-11)9-15-7-3-1-2-4-8(7)16-9/h1-4H,5-6,14H2. The van der Waals surface area contributed by atoms with Gasteiger partial charge in [0.25, 0.3) is 5.92 Å². The van der Waals surface area contributed by atoms with Gasteiger partial charge in [0.2, 0.25) is 0 Å². The third-order valence-electron chi connectivity index (χ3n) is 2.87. The van der Waals surface area contributed by atoms with E-state index in [0.717, 1.165) is 10.2 Å². The molecular weight excluding hydrogens is 230 g/mol. The molecule has 1 heterocycles. The molecule has 1 aromatic heterocycles. The highest BCUT2D eigenvalue weighted by Crippen LogP contribution is 2.51. The fourth-order valence-corrected chi connectivity index (χ4v) is 3.17. The first kappa shape index (κ1) is 10.1. The van der Waals surface area contributed by atoms with E-state index in [-0.39, 0.29) is 12.8 Å². The first-order valence-electron chi connectivity index (χ1n) is 5.01. The van der Waals surface area contributed by atoms with Crippen LogP contribution in [0.2, 0.25) is 0 Å². The van der Waals surface area contributed by atoms with Gasteiger partial charge in [0.1, 0.15) is 5.01 Å². The first-order valence-corrected chi connectivity index (χ1v) is 5.83. The zero-order valence-corrected chi connectivity index (χ0v) is 9.23. The van der Waals surface area contributed by atoms with Crippen molar-refractivity contribution < 1.29 is 8.78 Å². The van der Waals surface area contributed by atoms with E-state index in [1.54, 1.807) is 0 Å². The second-order valence-corrected chi connectivity index (χ2v) is 5.38. The summed E-state index contributed by atoms with van der Waals surface area (Å²) in [6.45, 7) is 0. The topological polar surface area (TPSA) is 38.9 Å². The molecule has 1 aliphatic rings. The second-order valence-electron chi connectivity index (χ2n) is 4.35. The first-order chi connectivity index (χ1) is 7.49. The van der Waals surface area contributed by atoms with Crippen LogP contribution in [0.4, 0.5) is 8.78 Å². The van der Waals surface area contributed by atoms with E-state index < -0.39 is 11.5 Å². The van der Waals surface area contributed by atoms with Gasteiger partial charge in [-0.05, 0) is 12.1 Å². The molecule has 0 spiro atoms. The smallest absolute Gasteiger partial charge is 0.252 e. The molecule has 3 rings (SSSR count). The van der Waals surface area contributed by atoms with E-state index >= 15 is 0 Å². The van der Waals surface area contributed by atoms with E-state index in [4.69, 9.17) is 5.73 Å². The van der Waals surface area contributed by atoms with Crippen LogP contribution in [0.1, 0.15) is 17.8 Å². The van der Waals surface area contributed by atoms with Crippen LogP contribution in [0.5, 0.6) is 0 Å². The van der Waals surface area contributed by atoms with Crippen molar-refractivity contribution in [2.45, 2.75) is 24.3 Å². The van der Waals surface area contributed by atoms with Crippen molar-refractivity contribution >= 4 is 21.6 Å². The van der Waals surface area contributed by atoms with E-state index in [1.807, 2.05) is 24.3 Å². The number of rotatable bonds is 1. The van der Waals surface area contributed by atoms with Crippen molar-refractivity contribution in [2.75, 3.05) is 0 Å². The molecular formula is C11H10F2N2S. The largest absolute Gasteiger partial charge is 0.319 e. The molecule has 0 atom stereocenters. The van der Waals surface area contributed by atoms with Crippen LogP contribution < -0.4 is 5.73 Å². The van der Waals surface area contributed by atoms with Crippen molar-refractivity contribution in [1.29, 1.82) is 0 Å². The molecule has 0 aliphatic heterocycles. The number of hydrogen-bond donors (Lipinski definition) is 1. The van der Waals surface area contributed by atoms with Crippen molar-refractivity contribution in [3.8, 4) is 0 Å². The molecule has 1 aliphatic carbocycles. The van der Waals surface area contributed by atoms with Crippen LogP contribution in [0.15, 0.2) is 24.3 Å². The molecule has 1 fully saturated rings. The van der Waals surface area contributed by atoms with Gasteiger partial charge in [-0.15, -0.1) is 11.3 Å². The van der Waals surface area contributed by atoms with Crippen LogP contribution in [0.3, 0.4) is 0 Å². The summed E-state index contributed by atoms with van der Waals surface area (Å²) < 4.78 is 26.7. The van der Waals surface area contributed by atoms with Gasteiger partial charge in [-0.25, -0.2) is 13.8 Å². The van der Waals surface area contributed by atoms with Gasteiger partial charge in [0, 0.05) is 12.8 Å². The van der Waals surface area contributed by atoms with Gasteiger partial charge in [-0.1, -0.05) is 12.1 Å². The van der Waals surface area contributed by atoms with Crippen LogP contribution in [0, 0.1) is 0 Å². The Labute approximate surface area is 95.1 Å². The van der Waals surface area contributed by atoms with Gasteiger partial charge >= 0.3 is 0 Å². The Balaban J connectivity index is 2.01. The maximum absolute atomic E-state index is 12.9. The zero-order valence-electron chi connectivity index (χ0n) is 8.41. The summed E-state index contributed by atoms with van der Waals surface area (Å²) in [6, 6.07) is 7.58. The normalized spacial score (nSPS) is 21.9. The van der Waals surface area contributed by atoms with Gasteiger partial charge in [-0.3, -0.25) is 0 Å². The number of aromatic nitrogens is 1. The lowest BCUT2D eigenvalue weighted by atomic mass is 9.75. The minimum atomic E-state index is -2.62. The number of benzene rings is 1. The molecule has 16 heavy (non-hydrogen) atoms. The summed E-state index contributed by atoms with van der Waals surface area (Å²) in [5.41, 5.74) is 5.84. The number of nitrogens with zero attached hydrogens (tertiary/aromatic N) is 1. The summed E-state index contributed by atoms with van der Waals surface area (Å²) in [6.07, 6.45) is -0.584. The third kappa shape index (κ3) is 1.43. The molecule has 2 aromatic rings. The molecule has 84 valence electrons. The summed E-state index contributed by atoms with van der Waals surface area (Å²) in [5.74, 6) is -2.62. The maximum Gasteiger partial charge on any atom is 0.252 e. The van der Waals surface area contributed by atoms with Crippen molar-refractivity contribution in [2.24, 2.45) is 5.73 Å². The van der Waals surface area contributed by atoms with Gasteiger partial charge in [-0.2, -0.15) is 0 Å². The van der Waals surface area contributed by atoms with Crippen LogP contribution in [-0.2, 0) is 5.54 Å². The van der Waals surface area contributed by atoms with Crippen LogP contribution in [-0.4, -0.2) is 10.9 Å². The Hall–Kier alpha value is -1.07. The second kappa shape index (κ2) is 2.99. The predicted molar refractivity (Wildman–Crippen MR) is 59.7 cm³/mol. The number of alkyl halides is 2. The third-order valence-corrected chi connectivity index (χ3v) is 4.12. The molecule has 2 N–H and O–H groups in total. The quantitative estimate of drug-likeness (QED) is 0.832. The molecule has 0 bridgehead atoms. The van der Waals surface area contributed by atoms with Gasteiger partial charge in [0.05, 0.1) is 15.8 Å². The Kier molecular flexibility index (Phi) is 1.89. The number of hydrogen-bond acceptors (Lipinski definition) is 3. The fourth-order valence-electron chi connectivity index (χ4n) is 2.11. The fraction of sp³-hybridized carbons (Fsp3) is 0.364. The summed E-state index contributed by atoms with van der Waals surface area (Å²) in [4.78, 5) is 4.33. The number of thiazole rings is 1. The highest BCUT2D eigenvalue weighted by molar-refractivity contribution is 7.18.